The predicted octanol–water partition coefficient (Wildman–Crippen LogP) is 2.88. The molecular weight excluding hydrogens is 358 g/mol. The summed E-state index contributed by atoms with van der Waals surface area (Å²) in [7, 11) is -3.32. The second-order valence-electron chi connectivity index (χ2n) is 5.22. The Morgan fingerprint density at radius 3 is 2.65 bits per heavy atom. The van der Waals surface area contributed by atoms with Crippen molar-refractivity contribution in [1.82, 2.24) is 4.98 Å². The van der Waals surface area contributed by atoms with Crippen molar-refractivity contribution in [2.75, 3.05) is 10.0 Å². The van der Waals surface area contributed by atoms with Crippen molar-refractivity contribution < 1.29 is 13.2 Å². The van der Waals surface area contributed by atoms with Crippen LogP contribution in [0.2, 0.25) is 5.02 Å². The van der Waals surface area contributed by atoms with Crippen molar-refractivity contribution in [3.8, 4) is 0 Å². The first-order chi connectivity index (χ1) is 10.9. The topological polar surface area (TPSA) is 88.2 Å². The van der Waals surface area contributed by atoms with Crippen LogP contribution in [0.15, 0.2) is 29.6 Å². The number of carbonyl (C=O) groups excluding carboxylic acids is 1. The van der Waals surface area contributed by atoms with Gasteiger partial charge in [-0.25, -0.2) is 13.4 Å². The van der Waals surface area contributed by atoms with Gasteiger partial charge in [-0.05, 0) is 37.1 Å². The smallest absolute Gasteiger partial charge is 0.237 e. The largest absolute Gasteiger partial charge is 0.326 e. The Morgan fingerprint density at radius 2 is 2.00 bits per heavy atom. The first-order valence-electron chi connectivity index (χ1n) is 6.94. The fourth-order valence-corrected chi connectivity index (χ4v) is 4.35. The van der Waals surface area contributed by atoms with Gasteiger partial charge in [-0.1, -0.05) is 11.6 Å². The zero-order valence-corrected chi connectivity index (χ0v) is 14.3. The fraction of sp³-hybridized carbons (Fsp3) is 0.286. The summed E-state index contributed by atoms with van der Waals surface area (Å²) in [5.41, 5.74) is 1.17. The number of rotatable bonds is 6. The molecule has 1 saturated carbocycles. The van der Waals surface area contributed by atoms with Crippen LogP contribution in [-0.4, -0.2) is 24.6 Å². The van der Waals surface area contributed by atoms with E-state index >= 15 is 0 Å². The lowest BCUT2D eigenvalue weighted by atomic mass is 10.3. The van der Waals surface area contributed by atoms with Crippen LogP contribution in [0, 0.1) is 0 Å². The van der Waals surface area contributed by atoms with Crippen LogP contribution in [-0.2, 0) is 21.2 Å². The zero-order chi connectivity index (χ0) is 16.4. The van der Waals surface area contributed by atoms with Gasteiger partial charge in [0, 0.05) is 16.1 Å². The van der Waals surface area contributed by atoms with Gasteiger partial charge >= 0.3 is 0 Å². The van der Waals surface area contributed by atoms with Crippen molar-refractivity contribution in [3.05, 3.63) is 40.4 Å². The normalized spacial score (nSPS) is 14.5. The number of nitrogens with one attached hydrogen (secondary N) is 2. The maximum atomic E-state index is 12.0. The van der Waals surface area contributed by atoms with Gasteiger partial charge in [0.1, 0.15) is 0 Å². The molecule has 3 rings (SSSR count). The van der Waals surface area contributed by atoms with Gasteiger partial charge in [0.25, 0.3) is 0 Å². The zero-order valence-electron chi connectivity index (χ0n) is 12.0. The number of thiazole rings is 1. The molecular formula is C14H14ClN3O3S2. The number of benzene rings is 1. The fourth-order valence-electron chi connectivity index (χ4n) is 1.92. The Morgan fingerprint density at radius 1 is 1.30 bits per heavy atom. The number of nitrogens with zero attached hydrogens (tertiary/aromatic N) is 1. The summed E-state index contributed by atoms with van der Waals surface area (Å²) in [5, 5.41) is 4.99. The Bertz CT molecular complexity index is 814. The molecule has 0 aliphatic heterocycles. The molecule has 1 amide bonds. The summed E-state index contributed by atoms with van der Waals surface area (Å²) in [6, 6.07) is 6.78. The third kappa shape index (κ3) is 4.43. The van der Waals surface area contributed by atoms with E-state index in [0.717, 1.165) is 0 Å². The third-order valence-electron chi connectivity index (χ3n) is 3.21. The molecule has 1 aromatic heterocycles. The molecule has 1 aromatic carbocycles. The van der Waals surface area contributed by atoms with E-state index < -0.39 is 10.0 Å². The SMILES string of the molecule is O=C(Cc1csc(NS(=O)(=O)C2CC2)n1)Nc1ccc(Cl)cc1. The van der Waals surface area contributed by atoms with Gasteiger partial charge in [0.05, 0.1) is 17.4 Å². The molecule has 0 radical (unpaired) electrons. The molecule has 0 saturated heterocycles. The molecule has 23 heavy (non-hydrogen) atoms. The summed E-state index contributed by atoms with van der Waals surface area (Å²) in [5.74, 6) is -0.228. The van der Waals surface area contributed by atoms with Gasteiger partial charge in [-0.15, -0.1) is 11.3 Å². The number of sulfonamides is 1. The second-order valence-corrected chi connectivity index (χ2v) is 8.48. The highest BCUT2D eigenvalue weighted by Crippen LogP contribution is 2.30. The first-order valence-corrected chi connectivity index (χ1v) is 9.74. The number of hydrogen-bond donors (Lipinski definition) is 2. The van der Waals surface area contributed by atoms with Gasteiger partial charge in [-0.2, -0.15) is 0 Å². The third-order valence-corrected chi connectivity index (χ3v) is 6.23. The van der Waals surface area contributed by atoms with Crippen LogP contribution in [0.3, 0.4) is 0 Å². The van der Waals surface area contributed by atoms with Crippen LogP contribution >= 0.6 is 22.9 Å². The molecule has 6 nitrogen and oxygen atoms in total. The van der Waals surface area contributed by atoms with Gasteiger partial charge in [-0.3, -0.25) is 9.52 Å². The van der Waals surface area contributed by atoms with Crippen LogP contribution in [0.4, 0.5) is 10.8 Å². The Balaban J connectivity index is 1.58. The van der Waals surface area contributed by atoms with E-state index in [4.69, 9.17) is 11.6 Å². The molecule has 1 fully saturated rings. The van der Waals surface area contributed by atoms with Crippen LogP contribution in [0.25, 0.3) is 0 Å². The lowest BCUT2D eigenvalue weighted by Crippen LogP contribution is -2.17. The highest BCUT2D eigenvalue weighted by molar-refractivity contribution is 7.93. The minimum Gasteiger partial charge on any atom is -0.326 e. The average Bonchev–Trinajstić information content (AvgIpc) is 3.26. The average molecular weight is 372 g/mol. The molecule has 1 heterocycles. The number of halogens is 1. The molecule has 1 aliphatic carbocycles. The standard InChI is InChI=1S/C14H14ClN3O3S2/c15-9-1-3-10(4-2-9)16-13(19)7-11-8-22-14(17-11)18-23(20,21)12-5-6-12/h1-4,8,12H,5-7H2,(H,16,19)(H,17,18). The van der Waals surface area contributed by atoms with Crippen molar-refractivity contribution in [2.45, 2.75) is 24.5 Å². The lowest BCUT2D eigenvalue weighted by Gasteiger charge is -2.04. The minimum atomic E-state index is -3.32. The predicted molar refractivity (Wildman–Crippen MR) is 91.5 cm³/mol. The van der Waals surface area contributed by atoms with E-state index in [1.807, 2.05) is 0 Å². The quantitative estimate of drug-likeness (QED) is 0.817. The molecule has 0 unspecified atom stereocenters. The molecule has 2 aromatic rings. The van der Waals surface area contributed by atoms with Gasteiger partial charge in [0.2, 0.25) is 15.9 Å². The molecule has 2 N–H and O–H groups in total. The van der Waals surface area contributed by atoms with E-state index in [9.17, 15) is 13.2 Å². The number of amides is 1. The number of anilines is 2. The molecule has 1 aliphatic rings. The lowest BCUT2D eigenvalue weighted by molar-refractivity contribution is -0.115. The first kappa shape index (κ1) is 16.2. The maximum Gasteiger partial charge on any atom is 0.237 e. The summed E-state index contributed by atoms with van der Waals surface area (Å²) in [6.07, 6.45) is 1.46. The maximum absolute atomic E-state index is 12.0. The summed E-state index contributed by atoms with van der Waals surface area (Å²) in [6.45, 7) is 0. The Kier molecular flexibility index (Phi) is 4.56. The molecule has 122 valence electrons. The highest BCUT2D eigenvalue weighted by atomic mass is 35.5. The van der Waals surface area contributed by atoms with Gasteiger partial charge < -0.3 is 5.32 Å². The van der Waals surface area contributed by atoms with E-state index in [2.05, 4.69) is 15.0 Å². The van der Waals surface area contributed by atoms with Crippen molar-refractivity contribution >= 4 is 49.7 Å². The van der Waals surface area contributed by atoms with Crippen molar-refractivity contribution in [2.24, 2.45) is 0 Å². The van der Waals surface area contributed by atoms with E-state index in [0.29, 0.717) is 34.4 Å². The summed E-state index contributed by atoms with van der Waals surface area (Å²) < 4.78 is 26.1. The van der Waals surface area contributed by atoms with E-state index in [1.54, 1.807) is 29.6 Å². The summed E-state index contributed by atoms with van der Waals surface area (Å²) in [4.78, 5) is 16.1. The highest BCUT2D eigenvalue weighted by Gasteiger charge is 2.36. The Labute approximate surface area is 142 Å². The molecule has 0 bridgehead atoms. The van der Waals surface area contributed by atoms with Gasteiger partial charge in [0.15, 0.2) is 5.13 Å². The van der Waals surface area contributed by atoms with Crippen LogP contribution < -0.4 is 10.0 Å². The second kappa shape index (κ2) is 6.46. The molecule has 9 heteroatoms. The van der Waals surface area contributed by atoms with Crippen molar-refractivity contribution in [1.29, 1.82) is 0 Å². The van der Waals surface area contributed by atoms with Crippen LogP contribution in [0.1, 0.15) is 18.5 Å². The van der Waals surface area contributed by atoms with E-state index in [-0.39, 0.29) is 17.6 Å². The summed E-state index contributed by atoms with van der Waals surface area (Å²) >= 11 is 6.96. The Hall–Kier alpha value is -1.64. The number of aromatic nitrogens is 1. The monoisotopic (exact) mass is 371 g/mol. The van der Waals surface area contributed by atoms with Crippen LogP contribution in [0.5, 0.6) is 0 Å². The molecule has 0 spiro atoms. The minimum absolute atomic E-state index is 0.0737. The molecule has 0 atom stereocenters. The number of carbonyl (C=O) groups is 1. The van der Waals surface area contributed by atoms with E-state index in [1.165, 1.54) is 11.3 Å². The van der Waals surface area contributed by atoms with Crippen molar-refractivity contribution in [3.63, 3.8) is 0 Å². The number of hydrogen-bond acceptors (Lipinski definition) is 5.